The van der Waals surface area contributed by atoms with E-state index < -0.39 is 0 Å². The van der Waals surface area contributed by atoms with Gasteiger partial charge in [-0.2, -0.15) is 5.10 Å². The number of aromatic amines is 1. The number of para-hydroxylation sites is 1. The van der Waals surface area contributed by atoms with Gasteiger partial charge in [0.1, 0.15) is 5.82 Å². The maximum atomic E-state index is 12.9. The molecular formula is C25H31N5OS. The lowest BCUT2D eigenvalue weighted by atomic mass is 9.95. The van der Waals surface area contributed by atoms with Gasteiger partial charge in [-0.15, -0.1) is 0 Å². The van der Waals surface area contributed by atoms with Gasteiger partial charge in [0.05, 0.1) is 0 Å². The van der Waals surface area contributed by atoms with Crippen molar-refractivity contribution in [3.63, 3.8) is 0 Å². The zero-order chi connectivity index (χ0) is 22.8. The number of hydrogen-bond acceptors (Lipinski definition) is 3. The number of aryl methyl sites for hydroxylation is 1. The van der Waals surface area contributed by atoms with Crippen LogP contribution in [0.25, 0.3) is 11.8 Å². The van der Waals surface area contributed by atoms with Crippen LogP contribution in [0.4, 0.5) is 0 Å². The number of carbonyl (C=O) groups is 1. The summed E-state index contributed by atoms with van der Waals surface area (Å²) >= 11 is 5.39. The van der Waals surface area contributed by atoms with Crippen LogP contribution in [-0.4, -0.2) is 43.2 Å². The van der Waals surface area contributed by atoms with Gasteiger partial charge in [0.25, 0.3) is 0 Å². The van der Waals surface area contributed by atoms with E-state index in [4.69, 9.17) is 12.2 Å². The lowest BCUT2D eigenvalue weighted by molar-refractivity contribution is -0.127. The molecule has 1 aliphatic heterocycles. The van der Waals surface area contributed by atoms with Gasteiger partial charge in [0.15, 0.2) is 4.77 Å². The van der Waals surface area contributed by atoms with E-state index in [0.717, 1.165) is 54.4 Å². The Morgan fingerprint density at radius 2 is 1.88 bits per heavy atom. The predicted octanol–water partition coefficient (Wildman–Crippen LogP) is 5.35. The molecule has 168 valence electrons. The quantitative estimate of drug-likeness (QED) is 0.422. The standard InChI is InChI=1S/C25H31N5OS/c1-17(2)29-24(26-27-25(29)32)20-12-14-28(15-13-20)23(31)11-10-21-16-18(3)30(19(21)4)22-8-6-5-7-9-22/h5-11,16-17,20H,12-15H2,1-4H3,(H,27,32)/b11-10+. The van der Waals surface area contributed by atoms with Gasteiger partial charge in [-0.05, 0) is 82.6 Å². The van der Waals surface area contributed by atoms with Gasteiger partial charge in [-0.1, -0.05) is 18.2 Å². The van der Waals surface area contributed by atoms with Crippen molar-refractivity contribution in [1.29, 1.82) is 0 Å². The molecule has 7 heteroatoms. The molecular weight excluding hydrogens is 418 g/mol. The number of benzene rings is 1. The van der Waals surface area contributed by atoms with Crippen molar-refractivity contribution >= 4 is 24.2 Å². The number of nitrogens with one attached hydrogen (secondary N) is 1. The van der Waals surface area contributed by atoms with E-state index in [0.29, 0.717) is 10.7 Å². The Morgan fingerprint density at radius 3 is 2.53 bits per heavy atom. The summed E-state index contributed by atoms with van der Waals surface area (Å²) in [5.74, 6) is 1.40. The summed E-state index contributed by atoms with van der Waals surface area (Å²) in [7, 11) is 0. The molecule has 32 heavy (non-hydrogen) atoms. The van der Waals surface area contributed by atoms with Crippen molar-refractivity contribution in [3.05, 3.63) is 70.0 Å². The summed E-state index contributed by atoms with van der Waals surface area (Å²) in [5, 5.41) is 7.41. The second-order valence-electron chi connectivity index (χ2n) is 8.78. The Kier molecular flexibility index (Phi) is 6.46. The van der Waals surface area contributed by atoms with E-state index in [1.54, 1.807) is 6.08 Å². The summed E-state index contributed by atoms with van der Waals surface area (Å²) in [6, 6.07) is 12.7. The molecule has 0 saturated carbocycles. The number of H-pyrrole nitrogens is 1. The van der Waals surface area contributed by atoms with Crippen molar-refractivity contribution in [1.82, 2.24) is 24.2 Å². The molecule has 1 aliphatic rings. The van der Waals surface area contributed by atoms with Gasteiger partial charge < -0.3 is 14.0 Å². The highest BCUT2D eigenvalue weighted by Gasteiger charge is 2.27. The first-order chi connectivity index (χ1) is 15.4. The first-order valence-electron chi connectivity index (χ1n) is 11.2. The summed E-state index contributed by atoms with van der Waals surface area (Å²) in [4.78, 5) is 14.8. The Hall–Kier alpha value is -2.93. The number of nitrogens with zero attached hydrogens (tertiary/aromatic N) is 4. The minimum atomic E-state index is 0.0655. The monoisotopic (exact) mass is 449 g/mol. The highest BCUT2D eigenvalue weighted by molar-refractivity contribution is 7.71. The molecule has 6 nitrogen and oxygen atoms in total. The van der Waals surface area contributed by atoms with Crippen LogP contribution < -0.4 is 0 Å². The predicted molar refractivity (Wildman–Crippen MR) is 131 cm³/mol. The number of hydrogen-bond donors (Lipinski definition) is 1. The van der Waals surface area contributed by atoms with E-state index in [2.05, 4.69) is 65.2 Å². The minimum absolute atomic E-state index is 0.0655. The first-order valence-corrected chi connectivity index (χ1v) is 11.7. The molecule has 1 N–H and O–H groups in total. The molecule has 1 saturated heterocycles. The van der Waals surface area contributed by atoms with Gasteiger partial charge in [0, 0.05) is 48.2 Å². The van der Waals surface area contributed by atoms with Crippen molar-refractivity contribution in [2.75, 3.05) is 13.1 Å². The average molecular weight is 450 g/mol. The van der Waals surface area contributed by atoms with Crippen LogP contribution in [0.15, 0.2) is 42.5 Å². The molecule has 0 radical (unpaired) electrons. The summed E-state index contributed by atoms with van der Waals surface area (Å²) < 4.78 is 4.99. The van der Waals surface area contributed by atoms with Crippen molar-refractivity contribution < 1.29 is 4.79 Å². The zero-order valence-corrected chi connectivity index (χ0v) is 20.0. The second-order valence-corrected chi connectivity index (χ2v) is 9.17. The first kappa shape index (κ1) is 22.3. The molecule has 1 aromatic carbocycles. The lowest BCUT2D eigenvalue weighted by Crippen LogP contribution is -2.37. The fourth-order valence-corrected chi connectivity index (χ4v) is 5.01. The van der Waals surface area contributed by atoms with E-state index in [-0.39, 0.29) is 11.9 Å². The lowest BCUT2D eigenvalue weighted by Gasteiger charge is -2.31. The molecule has 1 fully saturated rings. The Bertz CT molecular complexity index is 1180. The fraction of sp³-hybridized carbons (Fsp3) is 0.400. The van der Waals surface area contributed by atoms with Crippen LogP contribution in [0.2, 0.25) is 0 Å². The maximum absolute atomic E-state index is 12.9. The number of rotatable bonds is 5. The second kappa shape index (κ2) is 9.28. The SMILES string of the molecule is Cc1cc(/C=C/C(=O)N2CCC(c3n[nH]c(=S)n3C(C)C)CC2)c(C)n1-c1ccccc1. The van der Waals surface area contributed by atoms with E-state index in [1.165, 1.54) is 0 Å². The zero-order valence-electron chi connectivity index (χ0n) is 19.2. The van der Waals surface area contributed by atoms with Crippen LogP contribution in [0.3, 0.4) is 0 Å². The maximum Gasteiger partial charge on any atom is 0.246 e. The molecule has 2 aromatic heterocycles. The van der Waals surface area contributed by atoms with Crippen LogP contribution in [0, 0.1) is 18.6 Å². The molecule has 0 atom stereocenters. The third-order valence-corrected chi connectivity index (χ3v) is 6.60. The van der Waals surface area contributed by atoms with Crippen molar-refractivity contribution in [2.24, 2.45) is 0 Å². The van der Waals surface area contributed by atoms with E-state index in [9.17, 15) is 4.79 Å². The molecule has 1 amide bonds. The number of piperidine rings is 1. The van der Waals surface area contributed by atoms with Gasteiger partial charge in [-0.3, -0.25) is 9.89 Å². The molecule has 3 heterocycles. The summed E-state index contributed by atoms with van der Waals surface area (Å²) in [6.45, 7) is 9.89. The van der Waals surface area contributed by atoms with Crippen molar-refractivity contribution in [3.8, 4) is 5.69 Å². The summed E-state index contributed by atoms with van der Waals surface area (Å²) in [6.07, 6.45) is 5.45. The Balaban J connectivity index is 1.42. The molecule has 4 rings (SSSR count). The third-order valence-electron chi connectivity index (χ3n) is 6.31. The molecule has 0 unspecified atom stereocenters. The largest absolute Gasteiger partial charge is 0.339 e. The van der Waals surface area contributed by atoms with Gasteiger partial charge in [-0.25, -0.2) is 0 Å². The smallest absolute Gasteiger partial charge is 0.246 e. The molecule has 0 bridgehead atoms. The van der Waals surface area contributed by atoms with Crippen LogP contribution in [-0.2, 0) is 4.79 Å². The molecule has 0 spiro atoms. The fourth-order valence-electron chi connectivity index (χ4n) is 4.66. The number of likely N-dealkylation sites (tertiary alicyclic amines) is 1. The average Bonchev–Trinajstić information content (AvgIpc) is 3.31. The Morgan fingerprint density at radius 1 is 1.19 bits per heavy atom. The van der Waals surface area contributed by atoms with Crippen LogP contribution >= 0.6 is 12.2 Å². The molecule has 3 aromatic rings. The minimum Gasteiger partial charge on any atom is -0.339 e. The van der Waals surface area contributed by atoms with Gasteiger partial charge >= 0.3 is 0 Å². The number of amides is 1. The van der Waals surface area contributed by atoms with Gasteiger partial charge in [0.2, 0.25) is 5.91 Å². The topological polar surface area (TPSA) is 58.9 Å². The van der Waals surface area contributed by atoms with E-state index >= 15 is 0 Å². The van der Waals surface area contributed by atoms with E-state index in [1.807, 2.05) is 29.2 Å². The summed E-state index contributed by atoms with van der Waals surface area (Å²) in [5.41, 5.74) is 4.49. The normalized spacial score (nSPS) is 15.2. The number of carbonyl (C=O) groups excluding carboxylic acids is 1. The number of aromatic nitrogens is 4. The highest BCUT2D eigenvalue weighted by Crippen LogP contribution is 2.29. The van der Waals surface area contributed by atoms with Crippen molar-refractivity contribution in [2.45, 2.75) is 52.5 Å². The van der Waals surface area contributed by atoms with Crippen LogP contribution in [0.1, 0.15) is 61.4 Å². The van der Waals surface area contributed by atoms with Crippen LogP contribution in [0.5, 0.6) is 0 Å². The third kappa shape index (κ3) is 4.35. The highest BCUT2D eigenvalue weighted by atomic mass is 32.1. The molecule has 0 aliphatic carbocycles. The Labute approximate surface area is 194 Å².